The van der Waals surface area contributed by atoms with Gasteiger partial charge in [0.05, 0.1) is 21.7 Å². The van der Waals surface area contributed by atoms with E-state index in [-0.39, 0.29) is 10.8 Å². The van der Waals surface area contributed by atoms with Crippen LogP contribution >= 0.6 is 0 Å². The van der Waals surface area contributed by atoms with E-state index in [1.807, 2.05) is 36.4 Å². The number of carbonyl (C=O) groups is 1. The standard InChI is InChI=1S/C27H25N5O3S/c33-27(23-17-25(19-7-6-15-28-18-19)31-24-9-4-3-8-22(23)24)30-20-11-13-21(14-12-20)36(34,35)32-26-10-2-1-5-16-29-26/h3-4,6-9,11-15,17-18H,1-2,5,10,16H2,(H,29,32)(H,30,33). The van der Waals surface area contributed by atoms with Crippen LogP contribution in [0, 0.1) is 0 Å². The van der Waals surface area contributed by atoms with Crippen LogP contribution in [0.3, 0.4) is 0 Å². The molecule has 0 fully saturated rings. The number of aromatic nitrogens is 2. The maximum atomic E-state index is 13.3. The molecule has 0 aliphatic carbocycles. The minimum atomic E-state index is -3.75. The third kappa shape index (κ3) is 5.26. The van der Waals surface area contributed by atoms with Crippen molar-refractivity contribution in [3.05, 3.63) is 84.7 Å². The molecule has 0 saturated heterocycles. The third-order valence-electron chi connectivity index (χ3n) is 5.97. The van der Waals surface area contributed by atoms with Crippen LogP contribution in [0.2, 0.25) is 0 Å². The van der Waals surface area contributed by atoms with Gasteiger partial charge in [-0.3, -0.25) is 19.5 Å². The number of rotatable bonds is 5. The predicted octanol–water partition coefficient (Wildman–Crippen LogP) is 4.80. The molecule has 0 saturated carbocycles. The molecule has 9 heteroatoms. The van der Waals surface area contributed by atoms with Crippen LogP contribution in [-0.2, 0) is 10.0 Å². The molecule has 36 heavy (non-hydrogen) atoms. The highest BCUT2D eigenvalue weighted by molar-refractivity contribution is 7.90. The molecule has 182 valence electrons. The quantitative estimate of drug-likeness (QED) is 0.409. The van der Waals surface area contributed by atoms with E-state index in [4.69, 9.17) is 0 Å². The molecule has 4 aromatic rings. The maximum Gasteiger partial charge on any atom is 0.262 e. The lowest BCUT2D eigenvalue weighted by atomic mass is 10.0. The van der Waals surface area contributed by atoms with Gasteiger partial charge in [0.15, 0.2) is 0 Å². The highest BCUT2D eigenvalue weighted by Gasteiger charge is 2.18. The molecule has 1 aliphatic heterocycles. The number of amidine groups is 1. The van der Waals surface area contributed by atoms with Crippen molar-refractivity contribution in [2.45, 2.75) is 30.6 Å². The van der Waals surface area contributed by atoms with E-state index in [9.17, 15) is 13.2 Å². The summed E-state index contributed by atoms with van der Waals surface area (Å²) in [6, 6.07) is 19.0. The second kappa shape index (κ2) is 10.2. The van der Waals surface area contributed by atoms with Gasteiger partial charge in [0.2, 0.25) is 0 Å². The van der Waals surface area contributed by atoms with E-state index in [0.29, 0.717) is 41.3 Å². The lowest BCUT2D eigenvalue weighted by Gasteiger charge is -2.12. The molecule has 1 aliphatic rings. The van der Waals surface area contributed by atoms with Crippen molar-refractivity contribution in [3.63, 3.8) is 0 Å². The van der Waals surface area contributed by atoms with Gasteiger partial charge < -0.3 is 5.32 Å². The summed E-state index contributed by atoms with van der Waals surface area (Å²) in [6.45, 7) is 0.634. The third-order valence-corrected chi connectivity index (χ3v) is 7.36. The molecule has 0 unspecified atom stereocenters. The number of pyridine rings is 2. The number of nitrogens with one attached hydrogen (secondary N) is 2. The summed E-state index contributed by atoms with van der Waals surface area (Å²) < 4.78 is 28.2. The Labute approximate surface area is 209 Å². The molecule has 3 heterocycles. The molecule has 0 spiro atoms. The average Bonchev–Trinajstić information content (AvgIpc) is 3.17. The van der Waals surface area contributed by atoms with Crippen LogP contribution in [0.1, 0.15) is 36.0 Å². The first-order valence-corrected chi connectivity index (χ1v) is 13.3. The lowest BCUT2D eigenvalue weighted by Crippen LogP contribution is -2.30. The molecule has 0 radical (unpaired) electrons. The van der Waals surface area contributed by atoms with E-state index in [2.05, 4.69) is 25.0 Å². The fraction of sp³-hybridized carbons (Fsp3) is 0.185. The van der Waals surface area contributed by atoms with Crippen molar-refractivity contribution >= 4 is 38.4 Å². The summed E-state index contributed by atoms with van der Waals surface area (Å²) in [5.41, 5.74) is 3.08. The summed E-state index contributed by atoms with van der Waals surface area (Å²) >= 11 is 0. The Bertz CT molecular complexity index is 1540. The summed E-state index contributed by atoms with van der Waals surface area (Å²) in [4.78, 5) is 26.6. The van der Waals surface area contributed by atoms with Crippen LogP contribution in [0.4, 0.5) is 5.69 Å². The summed E-state index contributed by atoms with van der Waals surface area (Å²) in [5.74, 6) is 0.180. The largest absolute Gasteiger partial charge is 0.322 e. The van der Waals surface area contributed by atoms with Crippen molar-refractivity contribution in [3.8, 4) is 11.3 Å². The van der Waals surface area contributed by atoms with Gasteiger partial charge in [0.1, 0.15) is 5.84 Å². The average molecular weight is 500 g/mol. The van der Waals surface area contributed by atoms with Crippen molar-refractivity contribution in [1.82, 2.24) is 14.7 Å². The highest BCUT2D eigenvalue weighted by Crippen LogP contribution is 2.25. The first kappa shape index (κ1) is 23.6. The number of fused-ring (bicyclic) bond motifs is 1. The molecule has 0 atom stereocenters. The molecule has 0 bridgehead atoms. The normalized spacial score (nSPS) is 14.1. The molecule has 8 nitrogen and oxygen atoms in total. The number of sulfonamides is 1. The lowest BCUT2D eigenvalue weighted by molar-refractivity contribution is 0.102. The zero-order valence-electron chi connectivity index (χ0n) is 19.5. The maximum absolute atomic E-state index is 13.3. The van der Waals surface area contributed by atoms with Crippen LogP contribution in [0.25, 0.3) is 22.2 Å². The fourth-order valence-corrected chi connectivity index (χ4v) is 5.20. The van der Waals surface area contributed by atoms with Gasteiger partial charge in [0, 0.05) is 42.0 Å². The van der Waals surface area contributed by atoms with E-state index in [1.54, 1.807) is 30.6 Å². The van der Waals surface area contributed by atoms with Crippen molar-refractivity contribution in [2.75, 3.05) is 11.9 Å². The topological polar surface area (TPSA) is 113 Å². The van der Waals surface area contributed by atoms with Gasteiger partial charge >= 0.3 is 0 Å². The van der Waals surface area contributed by atoms with Crippen LogP contribution in [0.15, 0.2) is 89.0 Å². The first-order chi connectivity index (χ1) is 17.5. The Kier molecular flexibility index (Phi) is 6.73. The highest BCUT2D eigenvalue weighted by atomic mass is 32.2. The minimum Gasteiger partial charge on any atom is -0.322 e. The number of benzene rings is 2. The monoisotopic (exact) mass is 499 g/mol. The first-order valence-electron chi connectivity index (χ1n) is 11.8. The number of para-hydroxylation sites is 1. The molecule has 5 rings (SSSR count). The second-order valence-corrected chi connectivity index (χ2v) is 10.2. The van der Waals surface area contributed by atoms with E-state index in [0.717, 1.165) is 30.2 Å². The van der Waals surface area contributed by atoms with Gasteiger partial charge in [-0.05, 0) is 61.4 Å². The molecular formula is C27H25N5O3S. The Morgan fingerprint density at radius 3 is 2.56 bits per heavy atom. The van der Waals surface area contributed by atoms with Gasteiger partial charge in [0.25, 0.3) is 15.9 Å². The number of anilines is 1. The number of amides is 1. The summed E-state index contributed by atoms with van der Waals surface area (Å²) in [7, 11) is -3.75. The van der Waals surface area contributed by atoms with E-state index in [1.165, 1.54) is 12.1 Å². The molecule has 2 aromatic carbocycles. The molecule has 2 aromatic heterocycles. The number of nitrogens with zero attached hydrogens (tertiary/aromatic N) is 3. The summed E-state index contributed by atoms with van der Waals surface area (Å²) in [5, 5.41) is 3.59. The summed E-state index contributed by atoms with van der Waals surface area (Å²) in [6.07, 6.45) is 6.93. The number of carbonyl (C=O) groups excluding carboxylic acids is 1. The Hall–Kier alpha value is -4.11. The van der Waals surface area contributed by atoms with Gasteiger partial charge in [-0.2, -0.15) is 0 Å². The molecule has 1 amide bonds. The van der Waals surface area contributed by atoms with E-state index < -0.39 is 10.0 Å². The second-order valence-electron chi connectivity index (χ2n) is 8.54. The zero-order chi connectivity index (χ0) is 25.0. The Morgan fingerprint density at radius 1 is 0.917 bits per heavy atom. The number of hydrogen-bond donors (Lipinski definition) is 2. The molecule has 2 N–H and O–H groups in total. The van der Waals surface area contributed by atoms with Crippen LogP contribution < -0.4 is 10.0 Å². The van der Waals surface area contributed by atoms with Crippen LogP contribution in [-0.4, -0.2) is 36.7 Å². The number of aliphatic imine (C=N–C) groups is 1. The Morgan fingerprint density at radius 2 is 1.75 bits per heavy atom. The van der Waals surface area contributed by atoms with Crippen molar-refractivity contribution in [2.24, 2.45) is 4.99 Å². The van der Waals surface area contributed by atoms with Gasteiger partial charge in [-0.25, -0.2) is 13.4 Å². The predicted molar refractivity (Wildman–Crippen MR) is 140 cm³/mol. The van der Waals surface area contributed by atoms with Crippen LogP contribution in [0.5, 0.6) is 0 Å². The van der Waals surface area contributed by atoms with Gasteiger partial charge in [-0.15, -0.1) is 0 Å². The fourth-order valence-electron chi connectivity index (χ4n) is 4.11. The molecular weight excluding hydrogens is 474 g/mol. The van der Waals surface area contributed by atoms with Gasteiger partial charge in [-0.1, -0.05) is 24.6 Å². The minimum absolute atomic E-state index is 0.112. The zero-order valence-corrected chi connectivity index (χ0v) is 20.3. The Balaban J connectivity index is 1.38. The van der Waals surface area contributed by atoms with Crippen molar-refractivity contribution < 1.29 is 13.2 Å². The van der Waals surface area contributed by atoms with E-state index >= 15 is 0 Å². The number of hydrogen-bond acceptors (Lipinski definition) is 6. The van der Waals surface area contributed by atoms with Crippen molar-refractivity contribution in [1.29, 1.82) is 0 Å². The smallest absolute Gasteiger partial charge is 0.262 e. The SMILES string of the molecule is O=C(Nc1ccc(S(=O)(=O)NC2=NCCCCC2)cc1)c1cc(-c2cccnc2)nc2ccccc12.